The minimum atomic E-state index is -0.471. The molecule has 0 aliphatic carbocycles. The van der Waals surface area contributed by atoms with E-state index in [4.69, 9.17) is 9.47 Å². The number of benzene rings is 1. The summed E-state index contributed by atoms with van der Waals surface area (Å²) in [6.45, 7) is 4.78. The molecule has 0 saturated heterocycles. The van der Waals surface area contributed by atoms with Gasteiger partial charge < -0.3 is 9.47 Å². The molecule has 4 radical (unpaired) electrons. The van der Waals surface area contributed by atoms with Crippen molar-refractivity contribution in [1.29, 1.82) is 0 Å². The van der Waals surface area contributed by atoms with E-state index in [1.165, 1.54) is 0 Å². The largest absolute Gasteiger partial charge is 0.462 e. The number of hydrogen-bond donors (Lipinski definition) is 0. The van der Waals surface area contributed by atoms with Gasteiger partial charge in [-0.05, 0) is 25.0 Å². The van der Waals surface area contributed by atoms with Crippen LogP contribution < -0.4 is 0 Å². The quantitative estimate of drug-likeness (QED) is 0.384. The maximum atomic E-state index is 11.9. The molecule has 1 rings (SSSR count). The molecule has 0 heterocycles. The first-order chi connectivity index (χ1) is 9.70. The van der Waals surface area contributed by atoms with Gasteiger partial charge in [-0.25, -0.2) is 9.59 Å². The number of rotatable bonds is 8. The first kappa shape index (κ1) is 20.0. The number of esters is 2. The summed E-state index contributed by atoms with van der Waals surface area (Å²) in [6, 6.07) is 6.59. The Morgan fingerprint density at radius 3 is 1.57 bits per heavy atom. The van der Waals surface area contributed by atoms with E-state index in [2.05, 4.69) is 0 Å². The van der Waals surface area contributed by atoms with Gasteiger partial charge in [0.15, 0.2) is 0 Å². The summed E-state index contributed by atoms with van der Waals surface area (Å²) in [5, 5.41) is 0. The van der Waals surface area contributed by atoms with Crippen molar-refractivity contribution in [1.82, 2.24) is 0 Å². The molecule has 0 spiro atoms. The maximum Gasteiger partial charge on any atom is 0.339 e. The molecule has 21 heavy (non-hydrogen) atoms. The van der Waals surface area contributed by atoms with Gasteiger partial charge in [-0.2, -0.15) is 0 Å². The van der Waals surface area contributed by atoms with Crippen molar-refractivity contribution in [2.45, 2.75) is 39.5 Å². The van der Waals surface area contributed by atoms with Crippen molar-refractivity contribution in [2.24, 2.45) is 0 Å². The van der Waals surface area contributed by atoms with Gasteiger partial charge in [0.2, 0.25) is 0 Å². The predicted molar refractivity (Wildman–Crippen MR) is 82.6 cm³/mol. The molecule has 5 heteroatoms. The molecular weight excluding hydrogens is 375 g/mol. The third kappa shape index (κ3) is 6.98. The van der Waals surface area contributed by atoms with Crippen molar-refractivity contribution in [3.63, 3.8) is 0 Å². The van der Waals surface area contributed by atoms with Crippen LogP contribution in [0.25, 0.3) is 0 Å². The zero-order chi connectivity index (χ0) is 14.8. The summed E-state index contributed by atoms with van der Waals surface area (Å²) in [4.78, 5) is 23.9. The van der Waals surface area contributed by atoms with Crippen LogP contribution in [0.1, 0.15) is 60.2 Å². The molecule has 0 aliphatic rings. The monoisotopic (exact) mass is 398 g/mol. The van der Waals surface area contributed by atoms with E-state index in [0.29, 0.717) is 13.2 Å². The SMILES string of the molecule is CCCCOC(=O)c1ccccc1C(=O)OCCCC.[Sn]. The number of carbonyl (C=O) groups excluding carboxylic acids is 2. The van der Waals surface area contributed by atoms with E-state index in [-0.39, 0.29) is 35.0 Å². The van der Waals surface area contributed by atoms with Crippen LogP contribution in [0.2, 0.25) is 0 Å². The summed E-state index contributed by atoms with van der Waals surface area (Å²) in [5.41, 5.74) is 0.537. The molecule has 0 atom stereocenters. The summed E-state index contributed by atoms with van der Waals surface area (Å²) < 4.78 is 10.3. The average molecular weight is 397 g/mol. The van der Waals surface area contributed by atoms with E-state index in [0.717, 1.165) is 25.7 Å². The molecule has 114 valence electrons. The Labute approximate surface area is 143 Å². The fourth-order valence-electron chi connectivity index (χ4n) is 1.61. The Morgan fingerprint density at radius 1 is 0.857 bits per heavy atom. The molecule has 1 aromatic rings. The molecular formula is C16H22O4Sn. The smallest absolute Gasteiger partial charge is 0.339 e. The zero-order valence-electron chi connectivity index (χ0n) is 12.7. The van der Waals surface area contributed by atoms with Gasteiger partial charge in [-0.1, -0.05) is 38.8 Å². The average Bonchev–Trinajstić information content (AvgIpc) is 2.47. The standard InChI is InChI=1S/C16H22O4.Sn/c1-3-5-11-19-15(17)13-9-7-8-10-14(13)16(18)20-12-6-4-2;/h7-10H,3-6,11-12H2,1-2H3;. The van der Waals surface area contributed by atoms with Gasteiger partial charge in [0.05, 0.1) is 24.3 Å². The van der Waals surface area contributed by atoms with Crippen molar-refractivity contribution in [3.8, 4) is 0 Å². The Morgan fingerprint density at radius 2 is 1.24 bits per heavy atom. The van der Waals surface area contributed by atoms with Crippen LogP contribution in [0.15, 0.2) is 24.3 Å². The third-order valence-corrected chi connectivity index (χ3v) is 2.83. The first-order valence-electron chi connectivity index (χ1n) is 7.14. The van der Waals surface area contributed by atoms with E-state index in [9.17, 15) is 9.59 Å². The minimum Gasteiger partial charge on any atom is -0.462 e. The van der Waals surface area contributed by atoms with Gasteiger partial charge in [-0.15, -0.1) is 0 Å². The van der Waals surface area contributed by atoms with Gasteiger partial charge in [0.1, 0.15) is 0 Å². The third-order valence-electron chi connectivity index (χ3n) is 2.83. The summed E-state index contributed by atoms with van der Waals surface area (Å²) in [7, 11) is 0. The van der Waals surface area contributed by atoms with Crippen LogP contribution in [-0.4, -0.2) is 49.1 Å². The molecule has 0 bridgehead atoms. The van der Waals surface area contributed by atoms with Crippen molar-refractivity contribution in [2.75, 3.05) is 13.2 Å². The Kier molecular flexibility index (Phi) is 11.0. The number of hydrogen-bond acceptors (Lipinski definition) is 4. The second-order valence-electron chi connectivity index (χ2n) is 4.52. The maximum absolute atomic E-state index is 11.9. The molecule has 4 nitrogen and oxygen atoms in total. The molecule has 0 aliphatic heterocycles. The van der Waals surface area contributed by atoms with Crippen LogP contribution in [0.4, 0.5) is 0 Å². The Bertz CT molecular complexity index is 405. The topological polar surface area (TPSA) is 52.6 Å². The minimum absolute atomic E-state index is 0. The van der Waals surface area contributed by atoms with E-state index < -0.39 is 11.9 Å². The Hall–Kier alpha value is -1.04. The summed E-state index contributed by atoms with van der Waals surface area (Å²) in [5.74, 6) is -0.942. The fourth-order valence-corrected chi connectivity index (χ4v) is 1.61. The van der Waals surface area contributed by atoms with Gasteiger partial charge in [-0.3, -0.25) is 0 Å². The van der Waals surface area contributed by atoms with E-state index in [1.807, 2.05) is 13.8 Å². The van der Waals surface area contributed by atoms with Crippen molar-refractivity contribution >= 4 is 35.8 Å². The zero-order valence-corrected chi connectivity index (χ0v) is 15.5. The molecule has 0 unspecified atom stereocenters. The molecule has 0 aromatic heterocycles. The number of ether oxygens (including phenoxy) is 2. The molecule has 0 fully saturated rings. The second kappa shape index (κ2) is 11.6. The summed E-state index contributed by atoms with van der Waals surface area (Å²) in [6.07, 6.45) is 3.53. The molecule has 0 N–H and O–H groups in total. The van der Waals surface area contributed by atoms with Gasteiger partial charge in [0, 0.05) is 23.9 Å². The molecule has 0 saturated carbocycles. The van der Waals surface area contributed by atoms with Crippen LogP contribution in [0, 0.1) is 0 Å². The first-order valence-corrected chi connectivity index (χ1v) is 7.14. The summed E-state index contributed by atoms with van der Waals surface area (Å²) >= 11 is 0. The van der Waals surface area contributed by atoms with Crippen LogP contribution >= 0.6 is 0 Å². The van der Waals surface area contributed by atoms with E-state index >= 15 is 0 Å². The fraction of sp³-hybridized carbons (Fsp3) is 0.500. The van der Waals surface area contributed by atoms with E-state index in [1.54, 1.807) is 24.3 Å². The van der Waals surface area contributed by atoms with Crippen molar-refractivity contribution in [3.05, 3.63) is 35.4 Å². The van der Waals surface area contributed by atoms with Gasteiger partial charge in [0.25, 0.3) is 0 Å². The van der Waals surface area contributed by atoms with Crippen LogP contribution in [0.5, 0.6) is 0 Å². The predicted octanol–water partition coefficient (Wildman–Crippen LogP) is 3.22. The van der Waals surface area contributed by atoms with Crippen LogP contribution in [-0.2, 0) is 9.47 Å². The molecule has 0 amide bonds. The normalized spacial score (nSPS) is 9.62. The molecule has 1 aromatic carbocycles. The second-order valence-corrected chi connectivity index (χ2v) is 4.52. The van der Waals surface area contributed by atoms with Crippen molar-refractivity contribution < 1.29 is 19.1 Å². The number of carbonyl (C=O) groups is 2. The van der Waals surface area contributed by atoms with Crippen LogP contribution in [0.3, 0.4) is 0 Å². The van der Waals surface area contributed by atoms with Gasteiger partial charge >= 0.3 is 11.9 Å². The number of unbranched alkanes of at least 4 members (excludes halogenated alkanes) is 2. The Balaban J connectivity index is 0.00000400.